The average molecular weight is 300 g/mol. The van der Waals surface area contributed by atoms with Crippen LogP contribution in [0.1, 0.15) is 35.1 Å². The van der Waals surface area contributed by atoms with Gasteiger partial charge in [-0.05, 0) is 29.9 Å². The van der Waals surface area contributed by atoms with Crippen molar-refractivity contribution in [3.05, 3.63) is 58.0 Å². The number of aromatic nitrogens is 2. The van der Waals surface area contributed by atoms with E-state index in [4.69, 9.17) is 0 Å². The van der Waals surface area contributed by atoms with Crippen LogP contribution in [0.4, 0.5) is 5.82 Å². The van der Waals surface area contributed by atoms with Crippen molar-refractivity contribution >= 4 is 11.6 Å². The molecule has 7 nitrogen and oxygen atoms in total. The molecule has 22 heavy (non-hydrogen) atoms. The van der Waals surface area contributed by atoms with Gasteiger partial charge in [-0.2, -0.15) is 0 Å². The number of imidazole rings is 1. The molecular weight excluding hydrogens is 284 g/mol. The van der Waals surface area contributed by atoms with Crippen LogP contribution in [0.25, 0.3) is 0 Å². The fourth-order valence-corrected chi connectivity index (χ4v) is 2.87. The molecule has 1 atom stereocenters. The minimum absolute atomic E-state index is 0.0467. The summed E-state index contributed by atoms with van der Waals surface area (Å²) >= 11 is 0. The van der Waals surface area contributed by atoms with Crippen molar-refractivity contribution in [2.75, 3.05) is 13.1 Å². The maximum absolute atomic E-state index is 12.3. The number of carbonyl (C=O) groups is 1. The van der Waals surface area contributed by atoms with E-state index < -0.39 is 4.92 Å². The number of rotatable bonds is 5. The smallest absolute Gasteiger partial charge is 0.341 e. The van der Waals surface area contributed by atoms with Gasteiger partial charge in [0.2, 0.25) is 5.78 Å². The summed E-state index contributed by atoms with van der Waals surface area (Å²) in [6, 6.07) is 10.3. The second-order valence-electron chi connectivity index (χ2n) is 5.34. The monoisotopic (exact) mass is 300 g/mol. The third-order valence-electron chi connectivity index (χ3n) is 3.92. The minimum Gasteiger partial charge on any atom is -0.358 e. The molecule has 0 spiro atoms. The first-order valence-corrected chi connectivity index (χ1v) is 7.17. The van der Waals surface area contributed by atoms with E-state index in [0.29, 0.717) is 0 Å². The van der Waals surface area contributed by atoms with Crippen LogP contribution < -0.4 is 0 Å². The van der Waals surface area contributed by atoms with Gasteiger partial charge >= 0.3 is 5.82 Å². The number of hydrogen-bond donors (Lipinski definition) is 1. The third-order valence-corrected chi connectivity index (χ3v) is 3.92. The number of ketones is 1. The lowest BCUT2D eigenvalue weighted by atomic mass is 10.0. The molecule has 1 aliphatic rings. The number of Topliss-reactive ketones (excluding diaryl/α,β-unsaturated/α-hetero) is 1. The second-order valence-corrected chi connectivity index (χ2v) is 5.34. The molecule has 1 aromatic heterocycles. The Morgan fingerprint density at radius 2 is 2.18 bits per heavy atom. The lowest BCUT2D eigenvalue weighted by Crippen LogP contribution is -2.30. The third kappa shape index (κ3) is 2.89. The molecule has 0 radical (unpaired) electrons. The number of H-pyrrole nitrogens is 1. The van der Waals surface area contributed by atoms with Gasteiger partial charge in [0.25, 0.3) is 5.82 Å². The molecule has 1 N–H and O–H groups in total. The van der Waals surface area contributed by atoms with Crippen LogP contribution in [0.15, 0.2) is 36.5 Å². The standard InChI is InChI=1S/C15H16N4O3/c20-13(15-16-9-14(17-15)19(21)22)10-18-8-4-7-12(18)11-5-2-1-3-6-11/h1-3,5-6,9,12H,4,7-8,10H2,(H,16,17). The van der Waals surface area contributed by atoms with Gasteiger partial charge in [-0.1, -0.05) is 30.3 Å². The molecule has 2 heterocycles. The molecule has 1 saturated heterocycles. The van der Waals surface area contributed by atoms with Gasteiger partial charge in [-0.25, -0.2) is 9.97 Å². The summed E-state index contributed by atoms with van der Waals surface area (Å²) in [5, 5.41) is 10.6. The summed E-state index contributed by atoms with van der Waals surface area (Å²) in [5.41, 5.74) is 1.19. The second kappa shape index (κ2) is 6.07. The van der Waals surface area contributed by atoms with Crippen molar-refractivity contribution in [2.45, 2.75) is 18.9 Å². The largest absolute Gasteiger partial charge is 0.358 e. The van der Waals surface area contributed by atoms with E-state index in [-0.39, 0.29) is 30.0 Å². The maximum atomic E-state index is 12.3. The van der Waals surface area contributed by atoms with Crippen LogP contribution in [0.3, 0.4) is 0 Å². The molecule has 0 aliphatic carbocycles. The van der Waals surface area contributed by atoms with Crippen molar-refractivity contribution in [3.8, 4) is 0 Å². The molecule has 0 saturated carbocycles. The summed E-state index contributed by atoms with van der Waals surface area (Å²) < 4.78 is 0. The van der Waals surface area contributed by atoms with Gasteiger partial charge in [0, 0.05) is 6.04 Å². The van der Waals surface area contributed by atoms with Crippen molar-refractivity contribution in [2.24, 2.45) is 0 Å². The van der Waals surface area contributed by atoms with E-state index in [1.165, 1.54) is 5.56 Å². The average Bonchev–Trinajstić information content (AvgIpc) is 3.17. The van der Waals surface area contributed by atoms with E-state index in [1.807, 2.05) is 18.2 Å². The van der Waals surface area contributed by atoms with E-state index in [2.05, 4.69) is 27.0 Å². The molecule has 1 aliphatic heterocycles. The molecule has 0 amide bonds. The van der Waals surface area contributed by atoms with Crippen molar-refractivity contribution in [1.82, 2.24) is 14.9 Å². The van der Waals surface area contributed by atoms with E-state index >= 15 is 0 Å². The Kier molecular flexibility index (Phi) is 3.97. The Morgan fingerprint density at radius 1 is 1.41 bits per heavy atom. The first-order chi connectivity index (χ1) is 10.6. The number of carbonyl (C=O) groups excluding carboxylic acids is 1. The van der Waals surface area contributed by atoms with Crippen molar-refractivity contribution < 1.29 is 9.72 Å². The molecule has 1 unspecified atom stereocenters. The maximum Gasteiger partial charge on any atom is 0.341 e. The Labute approximate surface area is 127 Å². The fraction of sp³-hybridized carbons (Fsp3) is 0.333. The highest BCUT2D eigenvalue weighted by Crippen LogP contribution is 2.31. The first kappa shape index (κ1) is 14.4. The van der Waals surface area contributed by atoms with E-state index in [9.17, 15) is 14.9 Å². The quantitative estimate of drug-likeness (QED) is 0.520. The zero-order valence-electron chi connectivity index (χ0n) is 11.9. The summed E-state index contributed by atoms with van der Waals surface area (Å²) in [5.74, 6) is -0.439. The predicted molar refractivity (Wildman–Crippen MR) is 79.6 cm³/mol. The number of benzene rings is 1. The summed E-state index contributed by atoms with van der Waals surface area (Å²) in [6.07, 6.45) is 3.12. The van der Waals surface area contributed by atoms with Crippen LogP contribution >= 0.6 is 0 Å². The van der Waals surface area contributed by atoms with Crippen LogP contribution in [-0.4, -0.2) is 38.7 Å². The topological polar surface area (TPSA) is 92.1 Å². The van der Waals surface area contributed by atoms with Crippen molar-refractivity contribution in [3.63, 3.8) is 0 Å². The highest BCUT2D eigenvalue weighted by molar-refractivity contribution is 5.94. The SMILES string of the molecule is O=C(CN1CCCC1c1ccccc1)c1ncc([N+](=O)[O-])[nH]1. The normalized spacial score (nSPS) is 18.5. The minimum atomic E-state index is -0.591. The van der Waals surface area contributed by atoms with Gasteiger partial charge < -0.3 is 10.1 Å². The number of nitrogens with one attached hydrogen (secondary N) is 1. The number of aromatic amines is 1. The summed E-state index contributed by atoms with van der Waals surface area (Å²) in [6.45, 7) is 1.05. The Balaban J connectivity index is 1.71. The molecule has 2 aromatic rings. The van der Waals surface area contributed by atoms with Gasteiger partial charge in [0.1, 0.15) is 6.20 Å². The lowest BCUT2D eigenvalue weighted by Gasteiger charge is -2.23. The van der Waals surface area contributed by atoms with Gasteiger partial charge in [0.05, 0.1) is 6.54 Å². The Bertz CT molecular complexity index is 683. The van der Waals surface area contributed by atoms with E-state index in [0.717, 1.165) is 25.6 Å². The van der Waals surface area contributed by atoms with Gasteiger partial charge in [-0.15, -0.1) is 0 Å². The molecule has 3 rings (SSSR count). The Hall–Kier alpha value is -2.54. The number of likely N-dealkylation sites (tertiary alicyclic amines) is 1. The first-order valence-electron chi connectivity index (χ1n) is 7.17. The zero-order chi connectivity index (χ0) is 15.5. The molecule has 114 valence electrons. The number of hydrogen-bond acceptors (Lipinski definition) is 5. The van der Waals surface area contributed by atoms with Crippen LogP contribution in [0.2, 0.25) is 0 Å². The molecule has 0 bridgehead atoms. The predicted octanol–water partition coefficient (Wildman–Crippen LogP) is 2.34. The molecule has 1 fully saturated rings. The molecule has 1 aromatic carbocycles. The summed E-state index contributed by atoms with van der Waals surface area (Å²) in [7, 11) is 0. The highest BCUT2D eigenvalue weighted by atomic mass is 16.6. The van der Waals surface area contributed by atoms with Gasteiger partial charge in [0.15, 0.2) is 0 Å². The van der Waals surface area contributed by atoms with Gasteiger partial charge in [-0.3, -0.25) is 9.69 Å². The molecule has 7 heteroatoms. The highest BCUT2D eigenvalue weighted by Gasteiger charge is 2.29. The number of nitrogens with zero attached hydrogens (tertiary/aromatic N) is 3. The summed E-state index contributed by atoms with van der Waals surface area (Å²) in [4.78, 5) is 30.7. The van der Waals surface area contributed by atoms with Crippen LogP contribution in [-0.2, 0) is 0 Å². The van der Waals surface area contributed by atoms with Crippen LogP contribution in [0, 0.1) is 10.1 Å². The lowest BCUT2D eigenvalue weighted by molar-refractivity contribution is -0.389. The Morgan fingerprint density at radius 3 is 2.86 bits per heavy atom. The molecular formula is C15H16N4O3. The van der Waals surface area contributed by atoms with E-state index in [1.54, 1.807) is 0 Å². The fourth-order valence-electron chi connectivity index (χ4n) is 2.87. The van der Waals surface area contributed by atoms with Crippen molar-refractivity contribution in [1.29, 1.82) is 0 Å². The number of nitro groups is 1. The van der Waals surface area contributed by atoms with Crippen LogP contribution in [0.5, 0.6) is 0 Å². The zero-order valence-corrected chi connectivity index (χ0v) is 11.9.